The standard InChI is InChI=1S/C19H16Cl2NO3P/c1-25-17-7-5-15(6-8-17)22-26(24,18-4-2-3-13(20)10-18)19-11-14(21)9-16(23)12-19/h2-12,23H,1H3,(H,22,24)/t26-/m1/s1. The summed E-state index contributed by atoms with van der Waals surface area (Å²) in [5, 5.41) is 14.6. The molecule has 0 saturated carbocycles. The Balaban J connectivity index is 2.13. The molecular weight excluding hydrogens is 392 g/mol. The Hall–Kier alpha value is -2.13. The van der Waals surface area contributed by atoms with Gasteiger partial charge in [0.2, 0.25) is 7.29 Å². The number of phenols is 1. The predicted molar refractivity (Wildman–Crippen MR) is 108 cm³/mol. The molecule has 0 spiro atoms. The molecule has 0 saturated heterocycles. The number of hydrogen-bond acceptors (Lipinski definition) is 3. The highest BCUT2D eigenvalue weighted by molar-refractivity contribution is 7.80. The molecule has 0 aliphatic heterocycles. The third-order valence-electron chi connectivity index (χ3n) is 3.78. The van der Waals surface area contributed by atoms with Crippen LogP contribution in [0.3, 0.4) is 0 Å². The van der Waals surface area contributed by atoms with Gasteiger partial charge in [0.25, 0.3) is 0 Å². The molecule has 0 aromatic heterocycles. The number of methoxy groups -OCH3 is 1. The number of anilines is 1. The lowest BCUT2D eigenvalue weighted by Gasteiger charge is -2.22. The monoisotopic (exact) mass is 407 g/mol. The zero-order valence-corrected chi connectivity index (χ0v) is 16.2. The van der Waals surface area contributed by atoms with Gasteiger partial charge in [-0.2, -0.15) is 0 Å². The molecular formula is C19H16Cl2NO3P. The third-order valence-corrected chi connectivity index (χ3v) is 6.80. The van der Waals surface area contributed by atoms with Crippen molar-refractivity contribution in [3.05, 3.63) is 76.8 Å². The van der Waals surface area contributed by atoms with Crippen LogP contribution in [0, 0.1) is 0 Å². The zero-order valence-electron chi connectivity index (χ0n) is 13.8. The van der Waals surface area contributed by atoms with Gasteiger partial charge >= 0.3 is 0 Å². The summed E-state index contributed by atoms with van der Waals surface area (Å²) in [5.41, 5.74) is 0.633. The van der Waals surface area contributed by atoms with Crippen molar-refractivity contribution in [2.45, 2.75) is 0 Å². The van der Waals surface area contributed by atoms with Crippen molar-refractivity contribution in [1.29, 1.82) is 0 Å². The quantitative estimate of drug-likeness (QED) is 0.581. The molecule has 26 heavy (non-hydrogen) atoms. The summed E-state index contributed by atoms with van der Waals surface area (Å²) in [6, 6.07) is 18.2. The van der Waals surface area contributed by atoms with E-state index < -0.39 is 7.29 Å². The van der Waals surface area contributed by atoms with Gasteiger partial charge in [-0.3, -0.25) is 4.57 Å². The molecule has 0 amide bonds. The number of benzene rings is 3. The first-order valence-electron chi connectivity index (χ1n) is 7.69. The summed E-state index contributed by atoms with van der Waals surface area (Å²) in [5.74, 6) is 0.625. The van der Waals surface area contributed by atoms with E-state index in [9.17, 15) is 9.67 Å². The maximum atomic E-state index is 14.0. The van der Waals surface area contributed by atoms with Crippen LogP contribution in [-0.4, -0.2) is 12.2 Å². The fourth-order valence-electron chi connectivity index (χ4n) is 2.54. The van der Waals surface area contributed by atoms with Crippen LogP contribution in [0.1, 0.15) is 0 Å². The lowest BCUT2D eigenvalue weighted by Crippen LogP contribution is -2.22. The van der Waals surface area contributed by atoms with E-state index in [-0.39, 0.29) is 5.75 Å². The van der Waals surface area contributed by atoms with Crippen molar-refractivity contribution >= 4 is 46.8 Å². The Bertz CT molecular complexity index is 957. The van der Waals surface area contributed by atoms with Crippen LogP contribution in [0.15, 0.2) is 66.7 Å². The highest BCUT2D eigenvalue weighted by Crippen LogP contribution is 2.45. The second-order valence-electron chi connectivity index (χ2n) is 5.60. The highest BCUT2D eigenvalue weighted by Gasteiger charge is 2.29. The Kier molecular flexibility index (Phi) is 5.47. The lowest BCUT2D eigenvalue weighted by atomic mass is 10.3. The molecule has 0 heterocycles. The number of aromatic hydroxyl groups is 1. The van der Waals surface area contributed by atoms with Gasteiger partial charge < -0.3 is 14.9 Å². The summed E-state index contributed by atoms with van der Waals surface area (Å²) in [6.45, 7) is 0. The van der Waals surface area contributed by atoms with Crippen LogP contribution in [0.25, 0.3) is 0 Å². The van der Waals surface area contributed by atoms with Gasteiger partial charge in [-0.25, -0.2) is 0 Å². The Morgan fingerprint density at radius 2 is 1.62 bits per heavy atom. The van der Waals surface area contributed by atoms with E-state index in [0.717, 1.165) is 0 Å². The van der Waals surface area contributed by atoms with E-state index >= 15 is 0 Å². The van der Waals surface area contributed by atoms with Crippen molar-refractivity contribution in [3.63, 3.8) is 0 Å². The van der Waals surface area contributed by atoms with Gasteiger partial charge in [0.05, 0.1) is 7.11 Å². The highest BCUT2D eigenvalue weighted by atomic mass is 35.5. The summed E-state index contributed by atoms with van der Waals surface area (Å²) < 4.78 is 19.2. The second-order valence-corrected chi connectivity index (χ2v) is 8.94. The van der Waals surface area contributed by atoms with Crippen LogP contribution in [0.2, 0.25) is 10.0 Å². The summed E-state index contributed by atoms with van der Waals surface area (Å²) in [7, 11) is -1.79. The molecule has 2 N–H and O–H groups in total. The summed E-state index contributed by atoms with van der Waals surface area (Å²) >= 11 is 12.2. The first-order chi connectivity index (χ1) is 12.4. The van der Waals surface area contributed by atoms with Crippen LogP contribution >= 0.6 is 30.5 Å². The first kappa shape index (κ1) is 18.7. The van der Waals surface area contributed by atoms with Crippen molar-refractivity contribution in [1.82, 2.24) is 0 Å². The first-order valence-corrected chi connectivity index (χ1v) is 10.2. The number of rotatable bonds is 5. The third kappa shape index (κ3) is 3.99. The minimum atomic E-state index is -3.37. The SMILES string of the molecule is COc1ccc(N[P@@](=O)(c2cccc(Cl)c2)c2cc(O)cc(Cl)c2)cc1. The molecule has 1 atom stereocenters. The van der Waals surface area contributed by atoms with Gasteiger partial charge in [-0.05, 0) is 60.7 Å². The van der Waals surface area contributed by atoms with Gasteiger partial charge in [-0.1, -0.05) is 29.3 Å². The molecule has 3 rings (SSSR count). The Labute approximate surface area is 161 Å². The molecule has 0 aliphatic carbocycles. The topological polar surface area (TPSA) is 58.6 Å². The van der Waals surface area contributed by atoms with Gasteiger partial charge in [0.15, 0.2) is 0 Å². The van der Waals surface area contributed by atoms with Gasteiger partial charge in [-0.15, -0.1) is 0 Å². The minimum absolute atomic E-state index is 0.0636. The van der Waals surface area contributed by atoms with E-state index in [1.807, 2.05) is 0 Å². The molecule has 7 heteroatoms. The summed E-state index contributed by atoms with van der Waals surface area (Å²) in [6.07, 6.45) is 0. The second kappa shape index (κ2) is 7.63. The number of phenolic OH excluding ortho intramolecular Hbond substituents is 1. The molecule has 0 unspecified atom stereocenters. The van der Waals surface area contributed by atoms with E-state index in [1.54, 1.807) is 61.7 Å². The predicted octanol–water partition coefficient (Wildman–Crippen LogP) is 5.05. The van der Waals surface area contributed by atoms with E-state index in [4.69, 9.17) is 27.9 Å². The average Bonchev–Trinajstić information content (AvgIpc) is 2.61. The molecule has 0 aliphatic rings. The lowest BCUT2D eigenvalue weighted by molar-refractivity contribution is 0.415. The van der Waals surface area contributed by atoms with Crippen molar-refractivity contribution in [2.24, 2.45) is 0 Å². The maximum absolute atomic E-state index is 14.0. The zero-order chi connectivity index (χ0) is 18.7. The van der Waals surface area contributed by atoms with Crippen molar-refractivity contribution in [2.75, 3.05) is 12.2 Å². The van der Waals surface area contributed by atoms with Gasteiger partial charge in [0, 0.05) is 26.3 Å². The molecule has 4 nitrogen and oxygen atoms in total. The number of hydrogen-bond donors (Lipinski definition) is 2. The molecule has 0 bridgehead atoms. The maximum Gasteiger partial charge on any atom is 0.227 e. The minimum Gasteiger partial charge on any atom is -0.508 e. The van der Waals surface area contributed by atoms with Crippen molar-refractivity contribution < 1.29 is 14.4 Å². The largest absolute Gasteiger partial charge is 0.508 e. The molecule has 134 valence electrons. The van der Waals surface area contributed by atoms with E-state index in [1.165, 1.54) is 12.1 Å². The molecule has 3 aromatic rings. The van der Waals surface area contributed by atoms with Crippen molar-refractivity contribution in [3.8, 4) is 11.5 Å². The number of ether oxygens (including phenoxy) is 1. The van der Waals surface area contributed by atoms with Crippen LogP contribution < -0.4 is 20.4 Å². The smallest absolute Gasteiger partial charge is 0.227 e. The Morgan fingerprint density at radius 1 is 0.923 bits per heavy atom. The Morgan fingerprint density at radius 3 is 2.23 bits per heavy atom. The van der Waals surface area contributed by atoms with Crippen LogP contribution in [0.5, 0.6) is 11.5 Å². The fraction of sp³-hybridized carbons (Fsp3) is 0.0526. The number of halogens is 2. The molecule has 0 radical (unpaired) electrons. The van der Waals surface area contributed by atoms with Gasteiger partial charge in [0.1, 0.15) is 11.5 Å². The van der Waals surface area contributed by atoms with Crippen LogP contribution in [0.4, 0.5) is 5.69 Å². The summed E-state index contributed by atoms with van der Waals surface area (Å²) in [4.78, 5) is 0. The van der Waals surface area contributed by atoms with Crippen LogP contribution in [-0.2, 0) is 4.57 Å². The van der Waals surface area contributed by atoms with E-state index in [0.29, 0.717) is 32.1 Å². The average molecular weight is 408 g/mol. The molecule has 0 fully saturated rings. The number of nitrogens with one attached hydrogen (secondary N) is 1. The normalized spacial score (nSPS) is 13.0. The molecule has 3 aromatic carbocycles. The van der Waals surface area contributed by atoms with E-state index in [2.05, 4.69) is 5.09 Å². The fourth-order valence-corrected chi connectivity index (χ4v) is 5.43.